The Balaban J connectivity index is 1.06. The van der Waals surface area contributed by atoms with E-state index in [-0.39, 0.29) is 17.7 Å². The van der Waals surface area contributed by atoms with E-state index in [4.69, 9.17) is 4.98 Å². The van der Waals surface area contributed by atoms with Gasteiger partial charge < -0.3 is 4.90 Å². The molecule has 3 aromatic heterocycles. The number of thiazole rings is 1. The summed E-state index contributed by atoms with van der Waals surface area (Å²) in [7, 11) is 0. The van der Waals surface area contributed by atoms with E-state index >= 15 is 0 Å². The van der Waals surface area contributed by atoms with Crippen molar-refractivity contribution in [2.45, 2.75) is 24.9 Å². The number of likely N-dealkylation sites (tertiary alicyclic amines) is 1. The van der Waals surface area contributed by atoms with E-state index < -0.39 is 11.7 Å². The predicted molar refractivity (Wildman–Crippen MR) is 172 cm³/mol. The molecule has 4 heterocycles. The molecule has 1 amide bonds. The van der Waals surface area contributed by atoms with Gasteiger partial charge in [0.2, 0.25) is 0 Å². The van der Waals surface area contributed by atoms with Gasteiger partial charge in [-0.3, -0.25) is 14.2 Å². The Morgan fingerprint density at radius 3 is 2.22 bits per heavy atom. The standard InChI is InChI=1S/C36H27F3N4O2S/c37-36(38,39)26-14-12-24(13-15-26)27-9-4-5-10-29(27)34(44)42-19-16-25(17-20-42)33-41-31(22-46-33)35(45)43-21-30(23-7-2-1-3-8-23)28-11-6-18-40-32(28)43/h1-15,18,21-22,25H,16-17,19-20H2. The number of nitrogens with zero attached hydrogens (tertiary/aromatic N) is 4. The molecule has 0 atom stereocenters. The Morgan fingerprint density at radius 1 is 0.783 bits per heavy atom. The lowest BCUT2D eigenvalue weighted by molar-refractivity contribution is -0.137. The molecule has 6 nitrogen and oxygen atoms in total. The molecule has 0 spiro atoms. The molecule has 0 bridgehead atoms. The van der Waals surface area contributed by atoms with Gasteiger partial charge in [-0.05, 0) is 59.9 Å². The summed E-state index contributed by atoms with van der Waals surface area (Å²) >= 11 is 1.45. The third kappa shape index (κ3) is 5.60. The van der Waals surface area contributed by atoms with E-state index in [1.54, 1.807) is 45.3 Å². The molecule has 6 aromatic rings. The van der Waals surface area contributed by atoms with Gasteiger partial charge in [-0.2, -0.15) is 13.2 Å². The Hall–Kier alpha value is -5.09. The molecular formula is C36H27F3N4O2S. The fourth-order valence-corrected chi connectivity index (χ4v) is 6.98. The summed E-state index contributed by atoms with van der Waals surface area (Å²) < 4.78 is 40.8. The molecule has 1 fully saturated rings. The van der Waals surface area contributed by atoms with Crippen LogP contribution in [-0.4, -0.2) is 44.3 Å². The van der Waals surface area contributed by atoms with E-state index in [1.807, 2.05) is 48.7 Å². The summed E-state index contributed by atoms with van der Waals surface area (Å²) in [6.45, 7) is 1.00. The van der Waals surface area contributed by atoms with Crippen molar-refractivity contribution in [2.24, 2.45) is 0 Å². The number of amides is 1. The second-order valence-corrected chi connectivity index (χ2v) is 12.1. The van der Waals surface area contributed by atoms with E-state index in [0.717, 1.165) is 33.7 Å². The molecule has 7 rings (SSSR count). The molecule has 230 valence electrons. The van der Waals surface area contributed by atoms with Crippen LogP contribution in [0.25, 0.3) is 33.3 Å². The van der Waals surface area contributed by atoms with Gasteiger partial charge in [-0.25, -0.2) is 9.97 Å². The zero-order valence-electron chi connectivity index (χ0n) is 24.4. The van der Waals surface area contributed by atoms with Gasteiger partial charge in [0, 0.05) is 53.3 Å². The first kappa shape index (κ1) is 29.6. The fraction of sp³-hybridized carbons (Fsp3) is 0.167. The number of halogens is 3. The number of rotatable bonds is 5. The lowest BCUT2D eigenvalue weighted by Crippen LogP contribution is -2.38. The zero-order valence-corrected chi connectivity index (χ0v) is 25.3. The quantitative estimate of drug-likeness (QED) is 0.190. The summed E-state index contributed by atoms with van der Waals surface area (Å²) in [4.78, 5) is 38.3. The average molecular weight is 637 g/mol. The minimum atomic E-state index is -4.43. The Kier molecular flexibility index (Phi) is 7.74. The molecule has 1 aliphatic rings. The van der Waals surface area contributed by atoms with Crippen LogP contribution in [-0.2, 0) is 6.18 Å². The van der Waals surface area contributed by atoms with Crippen LogP contribution in [0, 0.1) is 0 Å². The van der Waals surface area contributed by atoms with Crippen LogP contribution in [0.15, 0.2) is 109 Å². The van der Waals surface area contributed by atoms with Crippen LogP contribution in [0.5, 0.6) is 0 Å². The predicted octanol–water partition coefficient (Wildman–Crippen LogP) is 8.55. The van der Waals surface area contributed by atoms with Crippen molar-refractivity contribution in [1.82, 2.24) is 19.4 Å². The number of hydrogen-bond donors (Lipinski definition) is 0. The smallest absolute Gasteiger partial charge is 0.339 e. The highest BCUT2D eigenvalue weighted by molar-refractivity contribution is 7.09. The van der Waals surface area contributed by atoms with Gasteiger partial charge >= 0.3 is 6.18 Å². The maximum Gasteiger partial charge on any atom is 0.416 e. The monoisotopic (exact) mass is 636 g/mol. The lowest BCUT2D eigenvalue weighted by Gasteiger charge is -2.31. The molecule has 0 saturated carbocycles. The van der Waals surface area contributed by atoms with Crippen LogP contribution in [0.1, 0.15) is 50.2 Å². The lowest BCUT2D eigenvalue weighted by atomic mass is 9.94. The highest BCUT2D eigenvalue weighted by Crippen LogP contribution is 2.35. The number of benzene rings is 3. The Bertz CT molecular complexity index is 2040. The van der Waals surface area contributed by atoms with Crippen molar-refractivity contribution in [2.75, 3.05) is 13.1 Å². The second-order valence-electron chi connectivity index (χ2n) is 11.2. The first-order chi connectivity index (χ1) is 22.3. The van der Waals surface area contributed by atoms with Gasteiger partial charge in [0.1, 0.15) is 11.3 Å². The zero-order chi connectivity index (χ0) is 31.8. The van der Waals surface area contributed by atoms with Crippen molar-refractivity contribution < 1.29 is 22.8 Å². The van der Waals surface area contributed by atoms with E-state index in [1.165, 1.54) is 23.5 Å². The number of piperidine rings is 1. The van der Waals surface area contributed by atoms with Crippen molar-refractivity contribution in [3.8, 4) is 22.3 Å². The van der Waals surface area contributed by atoms with Crippen molar-refractivity contribution in [1.29, 1.82) is 0 Å². The van der Waals surface area contributed by atoms with Gasteiger partial charge in [0.25, 0.3) is 11.8 Å². The summed E-state index contributed by atoms with van der Waals surface area (Å²) in [5.74, 6) is -0.314. The Morgan fingerprint density at radius 2 is 1.48 bits per heavy atom. The Labute approximate surface area is 266 Å². The number of alkyl halides is 3. The highest BCUT2D eigenvalue weighted by Gasteiger charge is 2.31. The summed E-state index contributed by atoms with van der Waals surface area (Å²) in [5.41, 5.74) is 3.70. The topological polar surface area (TPSA) is 68.1 Å². The van der Waals surface area contributed by atoms with Crippen molar-refractivity contribution in [3.05, 3.63) is 131 Å². The molecule has 1 aliphatic heterocycles. The normalized spacial score (nSPS) is 14.1. The van der Waals surface area contributed by atoms with E-state index in [2.05, 4.69) is 4.98 Å². The highest BCUT2D eigenvalue weighted by atomic mass is 32.1. The molecule has 0 N–H and O–H groups in total. The van der Waals surface area contributed by atoms with Crippen molar-refractivity contribution >= 4 is 34.2 Å². The molecular weight excluding hydrogens is 609 g/mol. The molecule has 10 heteroatoms. The molecule has 0 unspecified atom stereocenters. The first-order valence-electron chi connectivity index (χ1n) is 14.9. The SMILES string of the molecule is O=C(c1ccccc1-c1ccc(C(F)(F)F)cc1)N1CCC(c2nc(C(=O)n3cc(-c4ccccc4)c4cccnc43)cs2)CC1. The number of aromatic nitrogens is 3. The largest absolute Gasteiger partial charge is 0.416 e. The summed E-state index contributed by atoms with van der Waals surface area (Å²) in [6, 6.07) is 25.5. The molecule has 0 radical (unpaired) electrons. The molecule has 1 saturated heterocycles. The van der Waals surface area contributed by atoms with Crippen molar-refractivity contribution in [3.63, 3.8) is 0 Å². The van der Waals surface area contributed by atoms with Gasteiger partial charge in [0.05, 0.1) is 10.6 Å². The van der Waals surface area contributed by atoms with E-state index in [9.17, 15) is 22.8 Å². The number of fused-ring (bicyclic) bond motifs is 1. The minimum Gasteiger partial charge on any atom is -0.339 e. The first-order valence-corrected chi connectivity index (χ1v) is 15.7. The van der Waals surface area contributed by atoms with Crippen LogP contribution in [0.3, 0.4) is 0 Å². The number of carbonyl (C=O) groups is 2. The second kappa shape index (κ2) is 12.0. The third-order valence-electron chi connectivity index (χ3n) is 8.42. The van der Waals surface area contributed by atoms with Crippen LogP contribution in [0.4, 0.5) is 13.2 Å². The number of carbonyl (C=O) groups excluding carboxylic acids is 2. The van der Waals surface area contributed by atoms with Crippen LogP contribution in [0.2, 0.25) is 0 Å². The van der Waals surface area contributed by atoms with Crippen LogP contribution >= 0.6 is 11.3 Å². The molecule has 3 aromatic carbocycles. The van der Waals surface area contributed by atoms with Gasteiger partial charge in [-0.15, -0.1) is 11.3 Å². The van der Waals surface area contributed by atoms with Gasteiger partial charge in [0.15, 0.2) is 0 Å². The summed E-state index contributed by atoms with van der Waals surface area (Å²) in [5, 5.41) is 3.52. The fourth-order valence-electron chi connectivity index (χ4n) is 6.02. The van der Waals surface area contributed by atoms with Crippen LogP contribution < -0.4 is 0 Å². The molecule has 46 heavy (non-hydrogen) atoms. The molecule has 0 aliphatic carbocycles. The maximum absolute atomic E-state index is 13.7. The number of hydrogen-bond acceptors (Lipinski definition) is 5. The van der Waals surface area contributed by atoms with E-state index in [0.29, 0.717) is 54.0 Å². The third-order valence-corrected chi connectivity index (χ3v) is 9.43. The maximum atomic E-state index is 13.7. The number of pyridine rings is 1. The average Bonchev–Trinajstić information content (AvgIpc) is 3.74. The minimum absolute atomic E-state index is 0.0974. The summed E-state index contributed by atoms with van der Waals surface area (Å²) in [6.07, 6.45) is 0.428. The van der Waals surface area contributed by atoms with Gasteiger partial charge in [-0.1, -0.05) is 60.7 Å².